The van der Waals surface area contributed by atoms with Crippen LogP contribution >= 0.6 is 7.82 Å². The molecule has 0 spiro atoms. The van der Waals surface area contributed by atoms with Crippen LogP contribution in [0.4, 0.5) is 0 Å². The average Bonchev–Trinajstić information content (AvgIpc) is 2.57. The smallest absolute Gasteiger partial charge is 0.329 e. The van der Waals surface area contributed by atoms with Crippen molar-refractivity contribution in [3.8, 4) is 0 Å². The number of phosphoric ester groups is 1. The molecule has 0 aromatic rings. The number of likely N-dealkylation sites (N-methyl/N-ethyl adjacent to an activating group) is 1. The van der Waals surface area contributed by atoms with Crippen LogP contribution in [0, 0.1) is 5.92 Å². The normalized spacial score (nSPS) is 15.6. The minimum atomic E-state index is -3.94. The van der Waals surface area contributed by atoms with Gasteiger partial charge in [-0.1, -0.05) is 78.1 Å². The van der Waals surface area contributed by atoms with Crippen molar-refractivity contribution in [1.82, 2.24) is 0 Å². The zero-order chi connectivity index (χ0) is 20.6. The van der Waals surface area contributed by atoms with Gasteiger partial charge in [0.25, 0.3) is 0 Å². The molecule has 0 radical (unpaired) electrons. The summed E-state index contributed by atoms with van der Waals surface area (Å²) in [6.45, 7) is 5.69. The summed E-state index contributed by atoms with van der Waals surface area (Å²) in [6.07, 6.45) is 14.7. The van der Waals surface area contributed by atoms with Gasteiger partial charge in [0.2, 0.25) is 0 Å². The van der Waals surface area contributed by atoms with Gasteiger partial charge in [-0.05, 0) is 18.8 Å². The van der Waals surface area contributed by atoms with Crippen LogP contribution in [0.15, 0.2) is 0 Å². The van der Waals surface area contributed by atoms with E-state index in [0.29, 0.717) is 23.6 Å². The summed E-state index contributed by atoms with van der Waals surface area (Å²) in [7, 11) is 2.14. The molecule has 0 saturated carbocycles. The van der Waals surface area contributed by atoms with E-state index in [2.05, 4.69) is 13.8 Å². The SMILES string of the molecule is CCCCCCCCC(CCCCCC)COP(=O)(O)OCC[N+](C)(C)C. The summed E-state index contributed by atoms with van der Waals surface area (Å²) in [6, 6.07) is 0. The highest BCUT2D eigenvalue weighted by atomic mass is 31.2. The maximum Gasteiger partial charge on any atom is 0.472 e. The van der Waals surface area contributed by atoms with Gasteiger partial charge in [0.15, 0.2) is 0 Å². The number of nitrogens with zero attached hydrogens (tertiary/aromatic N) is 1. The quantitative estimate of drug-likeness (QED) is 0.158. The fourth-order valence-electron chi connectivity index (χ4n) is 3.05. The zero-order valence-corrected chi connectivity index (χ0v) is 19.6. The molecule has 0 rings (SSSR count). The molecule has 0 heterocycles. The summed E-state index contributed by atoms with van der Waals surface area (Å²) < 4.78 is 23.3. The van der Waals surface area contributed by atoms with Gasteiger partial charge in [-0.3, -0.25) is 9.05 Å². The summed E-state index contributed by atoms with van der Waals surface area (Å²) in [5, 5.41) is 0. The third-order valence-electron chi connectivity index (χ3n) is 4.92. The molecule has 2 atom stereocenters. The highest BCUT2D eigenvalue weighted by Crippen LogP contribution is 2.44. The first-order valence-electron chi connectivity index (χ1n) is 11.1. The molecule has 164 valence electrons. The Morgan fingerprint density at radius 3 is 1.81 bits per heavy atom. The third-order valence-corrected chi connectivity index (χ3v) is 5.91. The van der Waals surface area contributed by atoms with Gasteiger partial charge in [0.05, 0.1) is 27.7 Å². The molecule has 6 heteroatoms. The van der Waals surface area contributed by atoms with Crippen molar-refractivity contribution in [3.63, 3.8) is 0 Å². The molecule has 0 aromatic carbocycles. The average molecular weight is 409 g/mol. The van der Waals surface area contributed by atoms with E-state index < -0.39 is 7.82 Å². The van der Waals surface area contributed by atoms with Crippen molar-refractivity contribution >= 4 is 7.82 Å². The molecule has 0 bridgehead atoms. The number of quaternary nitrogens is 1. The van der Waals surface area contributed by atoms with Crippen LogP contribution in [-0.2, 0) is 13.6 Å². The summed E-state index contributed by atoms with van der Waals surface area (Å²) in [5.41, 5.74) is 0. The van der Waals surface area contributed by atoms with Crippen molar-refractivity contribution in [2.24, 2.45) is 5.92 Å². The number of rotatable bonds is 19. The monoisotopic (exact) mass is 408 g/mol. The Balaban J connectivity index is 4.23. The van der Waals surface area contributed by atoms with Crippen molar-refractivity contribution in [2.45, 2.75) is 90.9 Å². The van der Waals surface area contributed by atoms with E-state index in [1.165, 1.54) is 64.2 Å². The summed E-state index contributed by atoms with van der Waals surface area (Å²) >= 11 is 0. The Labute approximate surface area is 169 Å². The van der Waals surface area contributed by atoms with Crippen LogP contribution in [0.3, 0.4) is 0 Å². The Hall–Kier alpha value is 0.0700. The molecule has 1 N–H and O–H groups in total. The largest absolute Gasteiger partial charge is 0.472 e. The van der Waals surface area contributed by atoms with Crippen molar-refractivity contribution in [3.05, 3.63) is 0 Å². The Kier molecular flexibility index (Phi) is 16.0. The number of hydrogen-bond donors (Lipinski definition) is 1. The Morgan fingerprint density at radius 1 is 0.815 bits per heavy atom. The molecule has 0 amide bonds. The molecule has 0 aliphatic rings. The second kappa shape index (κ2) is 15.9. The first-order valence-corrected chi connectivity index (χ1v) is 12.6. The second-order valence-electron chi connectivity index (χ2n) is 8.88. The summed E-state index contributed by atoms with van der Waals surface area (Å²) in [4.78, 5) is 9.94. The molecule has 0 saturated heterocycles. The lowest BCUT2D eigenvalue weighted by atomic mass is 9.95. The van der Waals surface area contributed by atoms with E-state index in [0.717, 1.165) is 12.8 Å². The van der Waals surface area contributed by atoms with E-state index in [1.807, 2.05) is 21.1 Å². The number of hydrogen-bond acceptors (Lipinski definition) is 3. The molecule has 27 heavy (non-hydrogen) atoms. The molecule has 0 aliphatic heterocycles. The number of unbranched alkanes of at least 4 members (excludes halogenated alkanes) is 8. The molecular weight excluding hydrogens is 361 g/mol. The van der Waals surface area contributed by atoms with E-state index >= 15 is 0 Å². The van der Waals surface area contributed by atoms with Crippen LogP contribution in [-0.4, -0.2) is 50.3 Å². The van der Waals surface area contributed by atoms with Gasteiger partial charge in [-0.25, -0.2) is 4.57 Å². The fraction of sp³-hybridized carbons (Fsp3) is 1.00. The van der Waals surface area contributed by atoms with E-state index in [1.54, 1.807) is 0 Å². The second-order valence-corrected chi connectivity index (χ2v) is 10.3. The zero-order valence-electron chi connectivity index (χ0n) is 18.8. The third kappa shape index (κ3) is 19.2. The van der Waals surface area contributed by atoms with Crippen molar-refractivity contribution in [2.75, 3.05) is 40.9 Å². The van der Waals surface area contributed by atoms with E-state index in [-0.39, 0.29) is 6.61 Å². The molecule has 5 nitrogen and oxygen atoms in total. The standard InChI is InChI=1S/C21H46NO4P/c1-6-8-10-12-13-15-17-21(16-14-11-9-7-2)20-26-27(23,24)25-19-18-22(3,4)5/h21H,6-20H2,1-5H3/p+1. The van der Waals surface area contributed by atoms with Gasteiger partial charge in [-0.15, -0.1) is 0 Å². The minimum absolute atomic E-state index is 0.232. The fourth-order valence-corrected chi connectivity index (χ4v) is 3.84. The minimum Gasteiger partial charge on any atom is -0.329 e. The molecular formula is C21H47NO4P+. The van der Waals surface area contributed by atoms with Crippen LogP contribution in [0.2, 0.25) is 0 Å². The number of phosphoric acid groups is 1. The predicted molar refractivity (Wildman–Crippen MR) is 115 cm³/mol. The molecule has 2 unspecified atom stereocenters. The highest BCUT2D eigenvalue weighted by molar-refractivity contribution is 7.47. The molecule has 0 aromatic heterocycles. The highest BCUT2D eigenvalue weighted by Gasteiger charge is 2.24. The molecule has 0 fully saturated rings. The molecule has 0 aliphatic carbocycles. The first-order chi connectivity index (χ1) is 12.7. The van der Waals surface area contributed by atoms with Gasteiger partial charge < -0.3 is 9.38 Å². The lowest BCUT2D eigenvalue weighted by Gasteiger charge is -2.24. The maximum atomic E-state index is 12.1. The van der Waals surface area contributed by atoms with Crippen LogP contribution < -0.4 is 0 Å². The van der Waals surface area contributed by atoms with Gasteiger partial charge in [0.1, 0.15) is 13.2 Å². The topological polar surface area (TPSA) is 55.8 Å². The lowest BCUT2D eigenvalue weighted by Crippen LogP contribution is -2.37. The van der Waals surface area contributed by atoms with Crippen LogP contribution in [0.1, 0.15) is 90.9 Å². The van der Waals surface area contributed by atoms with Gasteiger partial charge >= 0.3 is 7.82 Å². The van der Waals surface area contributed by atoms with Gasteiger partial charge in [-0.2, -0.15) is 0 Å². The van der Waals surface area contributed by atoms with Crippen LogP contribution in [0.25, 0.3) is 0 Å². The van der Waals surface area contributed by atoms with Gasteiger partial charge in [0, 0.05) is 0 Å². The predicted octanol–water partition coefficient (Wildman–Crippen LogP) is 6.16. The maximum absolute atomic E-state index is 12.1. The van der Waals surface area contributed by atoms with Crippen LogP contribution in [0.5, 0.6) is 0 Å². The Morgan fingerprint density at radius 2 is 1.30 bits per heavy atom. The Bertz CT molecular complexity index is 385. The first kappa shape index (κ1) is 27.1. The van der Waals surface area contributed by atoms with Crippen molar-refractivity contribution < 1.29 is 23.0 Å². The lowest BCUT2D eigenvalue weighted by molar-refractivity contribution is -0.870. The van der Waals surface area contributed by atoms with E-state index in [9.17, 15) is 9.46 Å². The van der Waals surface area contributed by atoms with E-state index in [4.69, 9.17) is 9.05 Å². The summed E-state index contributed by atoms with van der Waals surface area (Å²) in [5.74, 6) is 0.357. The van der Waals surface area contributed by atoms with Crippen molar-refractivity contribution in [1.29, 1.82) is 0 Å².